The molecule has 1 fully saturated rings. The Bertz CT molecular complexity index is 385. The summed E-state index contributed by atoms with van der Waals surface area (Å²) in [5.74, 6) is 0. The predicted octanol–water partition coefficient (Wildman–Crippen LogP) is 2.45. The Labute approximate surface area is 94.6 Å². The summed E-state index contributed by atoms with van der Waals surface area (Å²) in [4.78, 5) is 0. The first kappa shape index (κ1) is 9.64. The van der Waals surface area contributed by atoms with Gasteiger partial charge in [-0.15, -0.1) is 0 Å². The molecule has 0 radical (unpaired) electrons. The molecule has 80 valence electrons. The molecule has 1 aromatic rings. The number of nitrogens with one attached hydrogen (secondary N) is 1. The lowest BCUT2D eigenvalue weighted by Gasteiger charge is -2.33. The molecule has 2 heterocycles. The standard InChI is InChI=1S/C12H14ClNO/c13-10-1-2-11-9(7-10)8-15-12(11)3-5-14-6-4-12/h1-2,7,14H,3-6,8H2. The van der Waals surface area contributed by atoms with Crippen molar-refractivity contribution in [1.29, 1.82) is 0 Å². The molecule has 1 spiro atoms. The molecule has 1 saturated heterocycles. The normalized spacial score (nSPS) is 23.0. The van der Waals surface area contributed by atoms with Crippen molar-refractivity contribution < 1.29 is 4.74 Å². The van der Waals surface area contributed by atoms with Crippen LogP contribution in [0.1, 0.15) is 24.0 Å². The van der Waals surface area contributed by atoms with Crippen molar-refractivity contribution in [1.82, 2.24) is 5.32 Å². The second kappa shape index (κ2) is 3.48. The van der Waals surface area contributed by atoms with Crippen LogP contribution in [0, 0.1) is 0 Å². The monoisotopic (exact) mass is 223 g/mol. The van der Waals surface area contributed by atoms with Crippen LogP contribution in [-0.4, -0.2) is 13.1 Å². The summed E-state index contributed by atoms with van der Waals surface area (Å²) in [6.07, 6.45) is 2.14. The van der Waals surface area contributed by atoms with E-state index in [0.29, 0.717) is 0 Å². The Hall–Kier alpha value is -0.570. The summed E-state index contributed by atoms with van der Waals surface area (Å²) in [7, 11) is 0. The van der Waals surface area contributed by atoms with Crippen molar-refractivity contribution in [3.63, 3.8) is 0 Å². The van der Waals surface area contributed by atoms with Crippen LogP contribution in [0.2, 0.25) is 5.02 Å². The van der Waals surface area contributed by atoms with Crippen molar-refractivity contribution in [2.45, 2.75) is 25.0 Å². The third-order valence-electron chi connectivity index (χ3n) is 3.47. The maximum Gasteiger partial charge on any atom is 0.0963 e. The molecular formula is C12H14ClNO. The molecule has 1 aromatic carbocycles. The summed E-state index contributed by atoms with van der Waals surface area (Å²) in [5, 5.41) is 4.18. The maximum absolute atomic E-state index is 6.01. The molecule has 2 aliphatic heterocycles. The molecule has 0 aromatic heterocycles. The van der Waals surface area contributed by atoms with Gasteiger partial charge >= 0.3 is 0 Å². The van der Waals surface area contributed by atoms with E-state index in [9.17, 15) is 0 Å². The zero-order valence-corrected chi connectivity index (χ0v) is 9.31. The van der Waals surface area contributed by atoms with Crippen molar-refractivity contribution in [3.8, 4) is 0 Å². The summed E-state index contributed by atoms with van der Waals surface area (Å²) in [5.41, 5.74) is 2.60. The number of fused-ring (bicyclic) bond motifs is 2. The predicted molar refractivity (Wildman–Crippen MR) is 60.0 cm³/mol. The summed E-state index contributed by atoms with van der Waals surface area (Å²) >= 11 is 5.98. The number of ether oxygens (including phenoxy) is 1. The van der Waals surface area contributed by atoms with E-state index in [1.54, 1.807) is 0 Å². The highest BCUT2D eigenvalue weighted by Gasteiger charge is 2.40. The van der Waals surface area contributed by atoms with Gasteiger partial charge in [0.25, 0.3) is 0 Å². The lowest BCUT2D eigenvalue weighted by atomic mass is 9.84. The van der Waals surface area contributed by atoms with Crippen LogP contribution >= 0.6 is 11.6 Å². The molecule has 0 aliphatic carbocycles. The highest BCUT2D eigenvalue weighted by Crippen LogP contribution is 2.43. The maximum atomic E-state index is 6.01. The molecule has 1 N–H and O–H groups in total. The fourth-order valence-electron chi connectivity index (χ4n) is 2.66. The van der Waals surface area contributed by atoms with E-state index in [4.69, 9.17) is 16.3 Å². The number of rotatable bonds is 0. The Morgan fingerprint density at radius 3 is 2.87 bits per heavy atom. The summed E-state index contributed by atoms with van der Waals surface area (Å²) in [6, 6.07) is 6.14. The minimum atomic E-state index is -0.0226. The molecule has 3 heteroatoms. The van der Waals surface area contributed by atoms with Crippen molar-refractivity contribution >= 4 is 11.6 Å². The van der Waals surface area contributed by atoms with Crippen molar-refractivity contribution in [2.75, 3.05) is 13.1 Å². The Balaban J connectivity index is 2.03. The molecule has 0 unspecified atom stereocenters. The molecule has 2 nitrogen and oxygen atoms in total. The fraction of sp³-hybridized carbons (Fsp3) is 0.500. The minimum Gasteiger partial charge on any atom is -0.365 e. The quantitative estimate of drug-likeness (QED) is 0.730. The van der Waals surface area contributed by atoms with Crippen LogP contribution in [0.3, 0.4) is 0 Å². The molecular weight excluding hydrogens is 210 g/mol. The van der Waals surface area contributed by atoms with E-state index in [0.717, 1.165) is 37.6 Å². The highest BCUT2D eigenvalue weighted by atomic mass is 35.5. The van der Waals surface area contributed by atoms with E-state index in [2.05, 4.69) is 11.4 Å². The molecule has 15 heavy (non-hydrogen) atoms. The zero-order chi connectivity index (χ0) is 10.3. The van der Waals surface area contributed by atoms with Gasteiger partial charge in [0.05, 0.1) is 12.2 Å². The second-order valence-electron chi connectivity index (χ2n) is 4.33. The molecule has 3 rings (SSSR count). The second-order valence-corrected chi connectivity index (χ2v) is 4.77. The average Bonchev–Trinajstić information content (AvgIpc) is 2.58. The van der Waals surface area contributed by atoms with Gasteiger partial charge in [0.2, 0.25) is 0 Å². The van der Waals surface area contributed by atoms with Gasteiger partial charge in [-0.2, -0.15) is 0 Å². The van der Waals surface area contributed by atoms with E-state index in [-0.39, 0.29) is 5.60 Å². The lowest BCUT2D eigenvalue weighted by Crippen LogP contribution is -2.39. The van der Waals surface area contributed by atoms with Crippen LogP contribution in [0.4, 0.5) is 0 Å². The average molecular weight is 224 g/mol. The van der Waals surface area contributed by atoms with Crippen LogP contribution in [0.15, 0.2) is 18.2 Å². The lowest BCUT2D eigenvalue weighted by molar-refractivity contribution is -0.0590. The fourth-order valence-corrected chi connectivity index (χ4v) is 2.86. The Morgan fingerprint density at radius 1 is 1.27 bits per heavy atom. The van der Waals surface area contributed by atoms with Crippen LogP contribution in [0.25, 0.3) is 0 Å². The van der Waals surface area contributed by atoms with E-state index in [1.165, 1.54) is 11.1 Å². The first-order valence-corrected chi connectivity index (χ1v) is 5.82. The third kappa shape index (κ3) is 1.48. The van der Waals surface area contributed by atoms with Crippen molar-refractivity contribution in [2.24, 2.45) is 0 Å². The minimum absolute atomic E-state index is 0.0226. The van der Waals surface area contributed by atoms with Gasteiger partial charge in [0.15, 0.2) is 0 Å². The van der Waals surface area contributed by atoms with E-state index >= 15 is 0 Å². The van der Waals surface area contributed by atoms with Crippen LogP contribution in [-0.2, 0) is 16.9 Å². The zero-order valence-electron chi connectivity index (χ0n) is 8.55. The molecule has 0 atom stereocenters. The number of piperidine rings is 1. The van der Waals surface area contributed by atoms with Gasteiger partial charge in [-0.05, 0) is 49.2 Å². The third-order valence-corrected chi connectivity index (χ3v) is 3.71. The smallest absolute Gasteiger partial charge is 0.0963 e. The molecule has 0 saturated carbocycles. The topological polar surface area (TPSA) is 21.3 Å². The number of benzene rings is 1. The number of halogens is 1. The van der Waals surface area contributed by atoms with Gasteiger partial charge in [0, 0.05) is 5.02 Å². The van der Waals surface area contributed by atoms with Gasteiger partial charge in [0.1, 0.15) is 0 Å². The van der Waals surface area contributed by atoms with Gasteiger partial charge in [-0.3, -0.25) is 0 Å². The Kier molecular flexibility index (Phi) is 2.23. The summed E-state index contributed by atoms with van der Waals surface area (Å²) in [6.45, 7) is 2.81. The van der Waals surface area contributed by atoms with Crippen LogP contribution in [0.5, 0.6) is 0 Å². The first-order valence-electron chi connectivity index (χ1n) is 5.44. The molecule has 2 aliphatic rings. The number of hydrogen-bond donors (Lipinski definition) is 1. The largest absolute Gasteiger partial charge is 0.365 e. The van der Waals surface area contributed by atoms with Crippen LogP contribution < -0.4 is 5.32 Å². The van der Waals surface area contributed by atoms with E-state index < -0.39 is 0 Å². The van der Waals surface area contributed by atoms with E-state index in [1.807, 2.05) is 12.1 Å². The molecule has 0 amide bonds. The van der Waals surface area contributed by atoms with Gasteiger partial charge in [-0.25, -0.2) is 0 Å². The first-order chi connectivity index (χ1) is 7.30. The van der Waals surface area contributed by atoms with Gasteiger partial charge < -0.3 is 10.1 Å². The SMILES string of the molecule is Clc1ccc2c(c1)COC21CCNCC1. The highest BCUT2D eigenvalue weighted by molar-refractivity contribution is 6.30. The Morgan fingerprint density at radius 2 is 2.07 bits per heavy atom. The van der Waals surface area contributed by atoms with Crippen molar-refractivity contribution in [3.05, 3.63) is 34.3 Å². The number of hydrogen-bond acceptors (Lipinski definition) is 2. The molecule has 0 bridgehead atoms. The van der Waals surface area contributed by atoms with Gasteiger partial charge in [-0.1, -0.05) is 17.7 Å². The summed E-state index contributed by atoms with van der Waals surface area (Å²) < 4.78 is 6.01.